The van der Waals surface area contributed by atoms with Crippen molar-refractivity contribution in [2.24, 2.45) is 0 Å². The number of thiazole rings is 1. The van der Waals surface area contributed by atoms with E-state index in [2.05, 4.69) is 4.98 Å². The number of fused-ring (bicyclic) bond motifs is 1. The number of aromatic nitrogens is 1. The summed E-state index contributed by atoms with van der Waals surface area (Å²) in [6.45, 7) is 0.0521. The number of hydrogen-bond donors (Lipinski definition) is 2. The van der Waals surface area contributed by atoms with Gasteiger partial charge in [-0.3, -0.25) is 4.79 Å². The first kappa shape index (κ1) is 13.0. The Balaban J connectivity index is 1.92. The van der Waals surface area contributed by atoms with E-state index in [-0.39, 0.29) is 18.9 Å². The number of carbonyl (C=O) groups excluding carboxylic acids is 1. The van der Waals surface area contributed by atoms with Crippen molar-refractivity contribution >= 4 is 33.4 Å². The molecule has 0 unspecified atom stereocenters. The fourth-order valence-electron chi connectivity index (χ4n) is 2.43. The van der Waals surface area contributed by atoms with Gasteiger partial charge in [0, 0.05) is 18.5 Å². The van der Waals surface area contributed by atoms with Crippen molar-refractivity contribution in [2.45, 2.75) is 18.6 Å². The lowest BCUT2D eigenvalue weighted by atomic mass is 10.1. The number of β-amino-alcohol motifs (C(OH)–C–C–N with tert-alkyl or cyclic N) is 1. The summed E-state index contributed by atoms with van der Waals surface area (Å²) >= 11 is 1.42. The summed E-state index contributed by atoms with van der Waals surface area (Å²) in [5.74, 6) is -1.46. The molecule has 0 saturated carbocycles. The van der Waals surface area contributed by atoms with E-state index >= 15 is 0 Å². The predicted molar refractivity (Wildman–Crippen MR) is 72.7 cm³/mol. The average Bonchev–Trinajstić information content (AvgIpc) is 3.02. The third-order valence-corrected chi connectivity index (χ3v) is 4.19. The molecular weight excluding hydrogens is 280 g/mol. The maximum Gasteiger partial charge on any atom is 0.326 e. The van der Waals surface area contributed by atoms with E-state index in [1.54, 1.807) is 23.7 Å². The summed E-state index contributed by atoms with van der Waals surface area (Å²) < 4.78 is 0.877. The van der Waals surface area contributed by atoms with Gasteiger partial charge in [-0.2, -0.15) is 0 Å². The number of likely N-dealkylation sites (tertiary alicyclic amines) is 1. The quantitative estimate of drug-likeness (QED) is 0.860. The van der Waals surface area contributed by atoms with Crippen LogP contribution >= 0.6 is 11.3 Å². The number of rotatable bonds is 2. The first-order valence-electron chi connectivity index (χ1n) is 6.11. The Morgan fingerprint density at radius 2 is 2.20 bits per heavy atom. The summed E-state index contributed by atoms with van der Waals surface area (Å²) in [7, 11) is 0. The third kappa shape index (κ3) is 2.14. The molecule has 2 heterocycles. The molecule has 2 N–H and O–H groups in total. The normalized spacial score (nSPS) is 22.4. The number of carbonyl (C=O) groups is 2. The molecule has 1 amide bonds. The van der Waals surface area contributed by atoms with E-state index in [0.29, 0.717) is 5.56 Å². The first-order valence-corrected chi connectivity index (χ1v) is 6.99. The largest absolute Gasteiger partial charge is 0.480 e. The number of hydrogen-bond acceptors (Lipinski definition) is 5. The van der Waals surface area contributed by atoms with E-state index in [0.717, 1.165) is 10.2 Å². The third-order valence-electron chi connectivity index (χ3n) is 3.40. The molecule has 1 saturated heterocycles. The van der Waals surface area contributed by atoms with Gasteiger partial charge in [-0.25, -0.2) is 9.78 Å². The molecule has 6 nitrogen and oxygen atoms in total. The van der Waals surface area contributed by atoms with Crippen molar-refractivity contribution in [3.05, 3.63) is 29.3 Å². The van der Waals surface area contributed by atoms with E-state index in [9.17, 15) is 14.7 Å². The highest BCUT2D eigenvalue weighted by atomic mass is 32.1. The molecule has 1 aromatic carbocycles. The molecule has 7 heteroatoms. The van der Waals surface area contributed by atoms with E-state index in [1.807, 2.05) is 0 Å². The number of aliphatic hydroxyl groups is 1. The monoisotopic (exact) mass is 292 g/mol. The van der Waals surface area contributed by atoms with Crippen molar-refractivity contribution in [1.82, 2.24) is 9.88 Å². The number of aliphatic hydroxyl groups excluding tert-OH is 1. The highest BCUT2D eigenvalue weighted by Crippen LogP contribution is 2.24. The van der Waals surface area contributed by atoms with Gasteiger partial charge in [0.2, 0.25) is 0 Å². The number of carboxylic acids is 1. The van der Waals surface area contributed by atoms with Crippen LogP contribution in [0, 0.1) is 0 Å². The topological polar surface area (TPSA) is 90.7 Å². The second kappa shape index (κ2) is 4.84. The maximum atomic E-state index is 12.4. The van der Waals surface area contributed by atoms with Crippen molar-refractivity contribution in [1.29, 1.82) is 0 Å². The van der Waals surface area contributed by atoms with Gasteiger partial charge >= 0.3 is 5.97 Å². The summed E-state index contributed by atoms with van der Waals surface area (Å²) in [6, 6.07) is 4.11. The zero-order valence-corrected chi connectivity index (χ0v) is 11.2. The average molecular weight is 292 g/mol. The van der Waals surface area contributed by atoms with Crippen LogP contribution < -0.4 is 0 Å². The van der Waals surface area contributed by atoms with Crippen LogP contribution in [0.25, 0.3) is 10.2 Å². The smallest absolute Gasteiger partial charge is 0.326 e. The molecule has 2 aromatic rings. The fraction of sp³-hybridized carbons (Fsp3) is 0.308. The van der Waals surface area contributed by atoms with Crippen LogP contribution in [0.5, 0.6) is 0 Å². The minimum absolute atomic E-state index is 0.0521. The van der Waals surface area contributed by atoms with Gasteiger partial charge in [0.1, 0.15) is 6.04 Å². The second-order valence-corrected chi connectivity index (χ2v) is 5.62. The summed E-state index contributed by atoms with van der Waals surface area (Å²) in [6.07, 6.45) is -0.712. The van der Waals surface area contributed by atoms with Crippen molar-refractivity contribution in [3.8, 4) is 0 Å². The van der Waals surface area contributed by atoms with Gasteiger partial charge in [0.05, 0.1) is 21.8 Å². The van der Waals surface area contributed by atoms with Gasteiger partial charge in [0.15, 0.2) is 0 Å². The minimum Gasteiger partial charge on any atom is -0.480 e. The molecule has 1 fully saturated rings. The number of nitrogens with zero attached hydrogens (tertiary/aromatic N) is 2. The molecule has 20 heavy (non-hydrogen) atoms. The lowest BCUT2D eigenvalue weighted by Crippen LogP contribution is -2.40. The summed E-state index contributed by atoms with van der Waals surface area (Å²) in [5.41, 5.74) is 2.92. The zero-order valence-electron chi connectivity index (χ0n) is 10.4. The number of benzene rings is 1. The number of carboxylic acid groups (broad SMARTS) is 1. The number of amides is 1. The van der Waals surface area contributed by atoms with Gasteiger partial charge in [-0.1, -0.05) is 0 Å². The molecular formula is C13H12N2O4S. The second-order valence-electron chi connectivity index (χ2n) is 4.74. The lowest BCUT2D eigenvalue weighted by molar-refractivity contribution is -0.141. The summed E-state index contributed by atoms with van der Waals surface area (Å²) in [5, 5.41) is 18.7. The predicted octanol–water partition coefficient (Wildman–Crippen LogP) is 0.956. The van der Waals surface area contributed by atoms with Crippen LogP contribution in [0.1, 0.15) is 16.8 Å². The Morgan fingerprint density at radius 3 is 2.95 bits per heavy atom. The van der Waals surface area contributed by atoms with Crippen LogP contribution in [0.3, 0.4) is 0 Å². The van der Waals surface area contributed by atoms with Crippen LogP contribution in [0.4, 0.5) is 0 Å². The molecule has 0 radical (unpaired) electrons. The molecule has 1 aromatic heterocycles. The SMILES string of the molecule is O=C(O)[C@H]1C[C@@H](O)CN1C(=O)c1ccc2ncsc2c1. The highest BCUT2D eigenvalue weighted by molar-refractivity contribution is 7.16. The Morgan fingerprint density at radius 1 is 1.40 bits per heavy atom. The highest BCUT2D eigenvalue weighted by Gasteiger charge is 2.39. The van der Waals surface area contributed by atoms with Crippen LogP contribution in [0.2, 0.25) is 0 Å². The molecule has 1 aliphatic rings. The van der Waals surface area contributed by atoms with Gasteiger partial charge in [0.25, 0.3) is 5.91 Å². The van der Waals surface area contributed by atoms with Gasteiger partial charge in [-0.05, 0) is 18.2 Å². The maximum absolute atomic E-state index is 12.4. The Bertz CT molecular complexity index is 684. The van der Waals surface area contributed by atoms with Crippen LogP contribution in [0.15, 0.2) is 23.7 Å². The zero-order chi connectivity index (χ0) is 14.3. The Kier molecular flexibility index (Phi) is 3.15. The van der Waals surface area contributed by atoms with Gasteiger partial charge in [-0.15, -0.1) is 11.3 Å². The van der Waals surface area contributed by atoms with Crippen molar-refractivity contribution < 1.29 is 19.8 Å². The Hall–Kier alpha value is -1.99. The van der Waals surface area contributed by atoms with Crippen molar-refractivity contribution in [3.63, 3.8) is 0 Å². The van der Waals surface area contributed by atoms with E-state index in [4.69, 9.17) is 5.11 Å². The fourth-order valence-corrected chi connectivity index (χ4v) is 3.14. The molecule has 0 bridgehead atoms. The van der Waals surface area contributed by atoms with Gasteiger partial charge < -0.3 is 15.1 Å². The number of aliphatic carboxylic acids is 1. The minimum atomic E-state index is -1.09. The molecule has 3 rings (SSSR count). The van der Waals surface area contributed by atoms with Crippen molar-refractivity contribution in [2.75, 3.05) is 6.54 Å². The van der Waals surface area contributed by atoms with Crippen LogP contribution in [-0.2, 0) is 4.79 Å². The van der Waals surface area contributed by atoms with E-state index in [1.165, 1.54) is 16.2 Å². The Labute approximate surface area is 118 Å². The van der Waals surface area contributed by atoms with E-state index < -0.39 is 18.1 Å². The molecule has 0 aliphatic carbocycles. The molecule has 2 atom stereocenters. The molecule has 1 aliphatic heterocycles. The molecule has 0 spiro atoms. The first-order chi connectivity index (χ1) is 9.56. The molecule has 104 valence electrons. The summed E-state index contributed by atoms with van der Waals surface area (Å²) in [4.78, 5) is 28.9. The lowest BCUT2D eigenvalue weighted by Gasteiger charge is -2.21. The van der Waals surface area contributed by atoms with Crippen LogP contribution in [-0.4, -0.2) is 50.7 Å². The standard InChI is InChI=1S/C13H12N2O4S/c16-8-4-10(13(18)19)15(5-8)12(17)7-1-2-9-11(3-7)20-6-14-9/h1-3,6,8,10,16H,4-5H2,(H,18,19)/t8-,10-/m1/s1.